The summed E-state index contributed by atoms with van der Waals surface area (Å²) in [5, 5.41) is 5.09. The van der Waals surface area contributed by atoms with Crippen molar-refractivity contribution in [2.24, 2.45) is 0 Å². The summed E-state index contributed by atoms with van der Waals surface area (Å²) in [7, 11) is 0. The SMILES string of the molecule is Cc1cc(C)n(-c2ccc(C(=O)OCc3ccc(Cl)cc3)cc2)n1. The average molecular weight is 341 g/mol. The van der Waals surface area contributed by atoms with Crippen LogP contribution in [-0.4, -0.2) is 15.7 Å². The molecule has 0 bridgehead atoms. The number of hydrogen-bond donors (Lipinski definition) is 0. The van der Waals surface area contributed by atoms with Crippen LogP contribution < -0.4 is 0 Å². The van der Waals surface area contributed by atoms with Crippen LogP contribution in [-0.2, 0) is 11.3 Å². The minimum atomic E-state index is -0.357. The lowest BCUT2D eigenvalue weighted by Gasteiger charge is -2.07. The highest BCUT2D eigenvalue weighted by molar-refractivity contribution is 6.30. The molecule has 2 aromatic carbocycles. The summed E-state index contributed by atoms with van der Waals surface area (Å²) in [6.07, 6.45) is 0. The van der Waals surface area contributed by atoms with Gasteiger partial charge in [-0.15, -0.1) is 0 Å². The molecule has 4 nitrogen and oxygen atoms in total. The lowest BCUT2D eigenvalue weighted by Crippen LogP contribution is -2.06. The minimum Gasteiger partial charge on any atom is -0.457 e. The molecule has 0 saturated heterocycles. The number of aryl methyl sites for hydroxylation is 2. The third-order valence-electron chi connectivity index (χ3n) is 3.64. The van der Waals surface area contributed by atoms with E-state index in [1.165, 1.54) is 0 Å². The van der Waals surface area contributed by atoms with E-state index < -0.39 is 0 Å². The van der Waals surface area contributed by atoms with Crippen LogP contribution in [0.2, 0.25) is 5.02 Å². The molecule has 3 rings (SSSR count). The molecule has 0 saturated carbocycles. The zero-order chi connectivity index (χ0) is 17.1. The summed E-state index contributed by atoms with van der Waals surface area (Å²) < 4.78 is 7.17. The quantitative estimate of drug-likeness (QED) is 0.657. The molecule has 24 heavy (non-hydrogen) atoms. The van der Waals surface area contributed by atoms with Gasteiger partial charge in [-0.2, -0.15) is 5.10 Å². The van der Waals surface area contributed by atoms with E-state index in [1.807, 2.05) is 48.9 Å². The second kappa shape index (κ2) is 6.89. The Hall–Kier alpha value is -2.59. The normalized spacial score (nSPS) is 10.6. The molecule has 0 spiro atoms. The first-order valence-corrected chi connectivity index (χ1v) is 7.96. The first kappa shape index (κ1) is 16.3. The fourth-order valence-electron chi connectivity index (χ4n) is 2.44. The number of benzene rings is 2. The smallest absolute Gasteiger partial charge is 0.338 e. The summed E-state index contributed by atoms with van der Waals surface area (Å²) in [6.45, 7) is 4.16. The molecule has 0 radical (unpaired) electrons. The number of nitrogens with zero attached hydrogens (tertiary/aromatic N) is 2. The first-order valence-electron chi connectivity index (χ1n) is 7.58. The molecular formula is C19H17ClN2O2. The van der Waals surface area contributed by atoms with Crippen molar-refractivity contribution in [3.8, 4) is 5.69 Å². The highest BCUT2D eigenvalue weighted by atomic mass is 35.5. The van der Waals surface area contributed by atoms with Crippen molar-refractivity contribution >= 4 is 17.6 Å². The number of rotatable bonds is 4. The Morgan fingerprint density at radius 2 is 1.75 bits per heavy atom. The van der Waals surface area contributed by atoms with E-state index in [0.29, 0.717) is 10.6 Å². The van der Waals surface area contributed by atoms with Gasteiger partial charge in [-0.3, -0.25) is 0 Å². The van der Waals surface area contributed by atoms with Crippen molar-refractivity contribution in [3.63, 3.8) is 0 Å². The third kappa shape index (κ3) is 3.66. The van der Waals surface area contributed by atoms with Gasteiger partial charge in [0.05, 0.1) is 16.9 Å². The van der Waals surface area contributed by atoms with E-state index in [4.69, 9.17) is 16.3 Å². The Morgan fingerprint density at radius 3 is 2.33 bits per heavy atom. The molecule has 3 aromatic rings. The number of esters is 1. The minimum absolute atomic E-state index is 0.217. The van der Waals surface area contributed by atoms with E-state index in [-0.39, 0.29) is 12.6 Å². The van der Waals surface area contributed by atoms with E-state index in [2.05, 4.69) is 5.10 Å². The zero-order valence-corrected chi connectivity index (χ0v) is 14.2. The van der Waals surface area contributed by atoms with Gasteiger partial charge >= 0.3 is 5.97 Å². The van der Waals surface area contributed by atoms with Crippen molar-refractivity contribution in [2.45, 2.75) is 20.5 Å². The van der Waals surface area contributed by atoms with Crippen LogP contribution in [0.1, 0.15) is 27.3 Å². The number of hydrogen-bond acceptors (Lipinski definition) is 3. The van der Waals surface area contributed by atoms with Gasteiger partial charge in [-0.25, -0.2) is 9.48 Å². The standard InChI is InChI=1S/C19H17ClN2O2/c1-13-11-14(2)22(21-13)18-9-5-16(6-10-18)19(23)24-12-15-3-7-17(20)8-4-15/h3-11H,12H2,1-2H3. The zero-order valence-electron chi connectivity index (χ0n) is 13.5. The Balaban J connectivity index is 1.67. The molecule has 0 atom stereocenters. The fourth-order valence-corrected chi connectivity index (χ4v) is 2.57. The second-order valence-electron chi connectivity index (χ2n) is 5.59. The fraction of sp³-hybridized carbons (Fsp3) is 0.158. The van der Waals surface area contributed by atoms with Gasteiger partial charge in [0.1, 0.15) is 6.61 Å². The van der Waals surface area contributed by atoms with Crippen molar-refractivity contribution < 1.29 is 9.53 Å². The predicted octanol–water partition coefficient (Wildman–Crippen LogP) is 4.50. The van der Waals surface area contributed by atoms with Gasteiger partial charge in [-0.05, 0) is 61.9 Å². The highest BCUT2D eigenvalue weighted by Gasteiger charge is 2.09. The molecule has 0 amide bonds. The average Bonchev–Trinajstić information content (AvgIpc) is 2.92. The first-order chi connectivity index (χ1) is 11.5. The van der Waals surface area contributed by atoms with Crippen LogP contribution in [0.15, 0.2) is 54.6 Å². The van der Waals surface area contributed by atoms with Crippen LogP contribution in [0, 0.1) is 13.8 Å². The summed E-state index contributed by atoms with van der Waals surface area (Å²) in [5.41, 5.74) is 4.32. The molecular weight excluding hydrogens is 324 g/mol. The van der Waals surface area contributed by atoms with Gasteiger partial charge in [-0.1, -0.05) is 23.7 Å². The number of aromatic nitrogens is 2. The van der Waals surface area contributed by atoms with Crippen LogP contribution in [0.25, 0.3) is 5.69 Å². The molecule has 1 aromatic heterocycles. The Morgan fingerprint density at radius 1 is 1.08 bits per heavy atom. The van der Waals surface area contributed by atoms with Gasteiger partial charge < -0.3 is 4.74 Å². The molecule has 0 fully saturated rings. The molecule has 0 aliphatic rings. The Kier molecular flexibility index (Phi) is 4.67. The topological polar surface area (TPSA) is 44.1 Å². The molecule has 1 heterocycles. The Bertz CT molecular complexity index is 852. The molecule has 0 aliphatic heterocycles. The molecule has 0 N–H and O–H groups in total. The Labute approximate surface area is 145 Å². The summed E-state index contributed by atoms with van der Waals surface area (Å²) in [4.78, 5) is 12.1. The number of carbonyl (C=O) groups is 1. The van der Waals surface area contributed by atoms with Crippen molar-refractivity contribution in [1.82, 2.24) is 9.78 Å². The van der Waals surface area contributed by atoms with E-state index >= 15 is 0 Å². The predicted molar refractivity (Wildman–Crippen MR) is 93.6 cm³/mol. The van der Waals surface area contributed by atoms with Crippen molar-refractivity contribution in [2.75, 3.05) is 0 Å². The molecule has 122 valence electrons. The maximum atomic E-state index is 12.1. The monoisotopic (exact) mass is 340 g/mol. The highest BCUT2D eigenvalue weighted by Crippen LogP contribution is 2.15. The summed E-state index contributed by atoms with van der Waals surface area (Å²) >= 11 is 5.83. The second-order valence-corrected chi connectivity index (χ2v) is 6.02. The summed E-state index contributed by atoms with van der Waals surface area (Å²) in [6, 6.07) is 16.4. The largest absolute Gasteiger partial charge is 0.457 e. The molecule has 0 unspecified atom stereocenters. The lowest BCUT2D eigenvalue weighted by molar-refractivity contribution is 0.0473. The number of carbonyl (C=O) groups excluding carboxylic acids is 1. The van der Waals surface area contributed by atoms with Gasteiger partial charge in [0.15, 0.2) is 0 Å². The number of halogens is 1. The van der Waals surface area contributed by atoms with E-state index in [0.717, 1.165) is 22.6 Å². The van der Waals surface area contributed by atoms with Crippen LogP contribution in [0.4, 0.5) is 0 Å². The van der Waals surface area contributed by atoms with E-state index in [9.17, 15) is 4.79 Å². The van der Waals surface area contributed by atoms with Gasteiger partial charge in [0, 0.05) is 10.7 Å². The summed E-state index contributed by atoms with van der Waals surface area (Å²) in [5.74, 6) is -0.357. The van der Waals surface area contributed by atoms with Crippen molar-refractivity contribution in [3.05, 3.63) is 82.1 Å². The van der Waals surface area contributed by atoms with Crippen LogP contribution >= 0.6 is 11.6 Å². The number of ether oxygens (including phenoxy) is 1. The van der Waals surface area contributed by atoms with E-state index in [1.54, 1.807) is 24.3 Å². The lowest BCUT2D eigenvalue weighted by atomic mass is 10.2. The van der Waals surface area contributed by atoms with Crippen LogP contribution in [0.3, 0.4) is 0 Å². The third-order valence-corrected chi connectivity index (χ3v) is 3.89. The maximum Gasteiger partial charge on any atom is 0.338 e. The van der Waals surface area contributed by atoms with Gasteiger partial charge in [0.25, 0.3) is 0 Å². The maximum absolute atomic E-state index is 12.1. The van der Waals surface area contributed by atoms with Gasteiger partial charge in [0.2, 0.25) is 0 Å². The van der Waals surface area contributed by atoms with Crippen LogP contribution in [0.5, 0.6) is 0 Å². The molecule has 5 heteroatoms. The molecule has 0 aliphatic carbocycles. The van der Waals surface area contributed by atoms with Crippen molar-refractivity contribution in [1.29, 1.82) is 0 Å².